The van der Waals surface area contributed by atoms with Gasteiger partial charge in [-0.25, -0.2) is 0 Å². The van der Waals surface area contributed by atoms with Crippen LogP contribution in [0, 0.1) is 0 Å². The van der Waals surface area contributed by atoms with E-state index in [1.165, 1.54) is 12.8 Å². The topological polar surface area (TPSA) is 54.9 Å². The van der Waals surface area contributed by atoms with Gasteiger partial charge >= 0.3 is 0 Å². The lowest BCUT2D eigenvalue weighted by atomic mass is 10.2. The highest BCUT2D eigenvalue weighted by Gasteiger charge is 2.18. The van der Waals surface area contributed by atoms with E-state index in [0.717, 1.165) is 12.8 Å². The van der Waals surface area contributed by atoms with Crippen molar-refractivity contribution in [3.8, 4) is 0 Å². The zero-order chi connectivity index (χ0) is 9.80. The van der Waals surface area contributed by atoms with Gasteiger partial charge < -0.3 is 5.32 Å². The Bertz CT molecular complexity index is 306. The molecule has 1 saturated carbocycles. The standard InChI is InChI=1S/C10H13N3O/c14-10(9-6-3-7-11-13-9)12-8-4-1-2-5-8/h3,6-8H,1-2,4-5H2,(H,12,14). The summed E-state index contributed by atoms with van der Waals surface area (Å²) in [6.07, 6.45) is 6.17. The molecular weight excluding hydrogens is 178 g/mol. The summed E-state index contributed by atoms with van der Waals surface area (Å²) in [6, 6.07) is 3.73. The number of nitrogens with zero attached hydrogens (tertiary/aromatic N) is 2. The van der Waals surface area contributed by atoms with Crippen molar-refractivity contribution in [1.29, 1.82) is 0 Å². The quantitative estimate of drug-likeness (QED) is 0.762. The number of carbonyl (C=O) groups excluding carboxylic acids is 1. The van der Waals surface area contributed by atoms with Crippen LogP contribution in [0.2, 0.25) is 0 Å². The van der Waals surface area contributed by atoms with Crippen molar-refractivity contribution < 1.29 is 4.79 Å². The average molecular weight is 191 g/mol. The second-order valence-corrected chi connectivity index (χ2v) is 3.56. The molecule has 2 rings (SSSR count). The second kappa shape index (κ2) is 4.17. The van der Waals surface area contributed by atoms with Gasteiger partial charge in [-0.15, -0.1) is 5.10 Å². The highest BCUT2D eigenvalue weighted by molar-refractivity contribution is 5.92. The molecule has 4 nitrogen and oxygen atoms in total. The minimum atomic E-state index is -0.106. The first-order valence-electron chi connectivity index (χ1n) is 4.95. The van der Waals surface area contributed by atoms with E-state index in [-0.39, 0.29) is 5.91 Å². The van der Waals surface area contributed by atoms with Gasteiger partial charge in [0.15, 0.2) is 5.69 Å². The summed E-state index contributed by atoms with van der Waals surface area (Å²) in [6.45, 7) is 0. The van der Waals surface area contributed by atoms with Crippen LogP contribution < -0.4 is 5.32 Å². The summed E-state index contributed by atoms with van der Waals surface area (Å²) in [5, 5.41) is 10.4. The molecule has 0 atom stereocenters. The summed E-state index contributed by atoms with van der Waals surface area (Å²) in [4.78, 5) is 11.6. The lowest BCUT2D eigenvalue weighted by Crippen LogP contribution is -2.33. The Morgan fingerprint density at radius 3 is 2.86 bits per heavy atom. The Balaban J connectivity index is 1.95. The van der Waals surface area contributed by atoms with Gasteiger partial charge in [0.05, 0.1) is 0 Å². The van der Waals surface area contributed by atoms with E-state index in [1.807, 2.05) is 0 Å². The molecule has 1 heterocycles. The smallest absolute Gasteiger partial charge is 0.272 e. The molecule has 14 heavy (non-hydrogen) atoms. The van der Waals surface area contributed by atoms with Gasteiger partial charge in [0.2, 0.25) is 0 Å². The van der Waals surface area contributed by atoms with Crippen LogP contribution in [-0.4, -0.2) is 22.1 Å². The van der Waals surface area contributed by atoms with Crippen molar-refractivity contribution >= 4 is 5.91 Å². The van der Waals surface area contributed by atoms with E-state index in [0.29, 0.717) is 11.7 Å². The van der Waals surface area contributed by atoms with E-state index >= 15 is 0 Å². The zero-order valence-electron chi connectivity index (χ0n) is 7.94. The van der Waals surface area contributed by atoms with Crippen molar-refractivity contribution in [3.05, 3.63) is 24.0 Å². The molecular formula is C10H13N3O. The van der Waals surface area contributed by atoms with Crippen LogP contribution in [0.15, 0.2) is 18.3 Å². The first-order chi connectivity index (χ1) is 6.86. The highest BCUT2D eigenvalue weighted by atomic mass is 16.2. The van der Waals surface area contributed by atoms with Gasteiger partial charge in [0, 0.05) is 12.2 Å². The molecule has 0 aromatic carbocycles. The minimum absolute atomic E-state index is 0.106. The molecule has 1 amide bonds. The lowest BCUT2D eigenvalue weighted by molar-refractivity contribution is 0.0932. The van der Waals surface area contributed by atoms with Crippen molar-refractivity contribution in [2.75, 3.05) is 0 Å². The number of aromatic nitrogens is 2. The van der Waals surface area contributed by atoms with Crippen LogP contribution >= 0.6 is 0 Å². The highest BCUT2D eigenvalue weighted by Crippen LogP contribution is 2.17. The molecule has 1 aliphatic rings. The number of rotatable bonds is 2. The normalized spacial score (nSPS) is 16.9. The van der Waals surface area contributed by atoms with Crippen molar-refractivity contribution in [2.24, 2.45) is 0 Å². The van der Waals surface area contributed by atoms with Gasteiger partial charge in [-0.05, 0) is 25.0 Å². The first-order valence-corrected chi connectivity index (χ1v) is 4.95. The third-order valence-electron chi connectivity index (χ3n) is 2.50. The summed E-state index contributed by atoms with van der Waals surface area (Å²) in [7, 11) is 0. The number of amides is 1. The monoisotopic (exact) mass is 191 g/mol. The van der Waals surface area contributed by atoms with E-state index in [4.69, 9.17) is 0 Å². The molecule has 1 N–H and O–H groups in total. The summed E-state index contributed by atoms with van der Waals surface area (Å²) in [5.74, 6) is -0.106. The molecule has 0 aliphatic heterocycles. The van der Waals surface area contributed by atoms with Gasteiger partial charge in [0.25, 0.3) is 5.91 Å². The zero-order valence-corrected chi connectivity index (χ0v) is 7.94. The summed E-state index contributed by atoms with van der Waals surface area (Å²) < 4.78 is 0. The molecule has 0 radical (unpaired) electrons. The van der Waals surface area contributed by atoms with Crippen LogP contribution in [0.5, 0.6) is 0 Å². The molecule has 0 spiro atoms. The Labute approximate surface area is 82.7 Å². The van der Waals surface area contributed by atoms with E-state index < -0.39 is 0 Å². The average Bonchev–Trinajstić information content (AvgIpc) is 2.72. The van der Waals surface area contributed by atoms with E-state index in [1.54, 1.807) is 18.3 Å². The van der Waals surface area contributed by atoms with Gasteiger partial charge in [-0.2, -0.15) is 5.10 Å². The van der Waals surface area contributed by atoms with Gasteiger partial charge in [-0.3, -0.25) is 4.79 Å². The fourth-order valence-electron chi connectivity index (χ4n) is 1.75. The number of hydrogen-bond acceptors (Lipinski definition) is 3. The van der Waals surface area contributed by atoms with Crippen molar-refractivity contribution in [2.45, 2.75) is 31.7 Å². The Hall–Kier alpha value is -1.45. The Morgan fingerprint density at radius 2 is 2.21 bits per heavy atom. The van der Waals surface area contributed by atoms with Crippen LogP contribution in [-0.2, 0) is 0 Å². The molecule has 1 fully saturated rings. The predicted octanol–water partition coefficient (Wildman–Crippen LogP) is 1.15. The molecule has 0 bridgehead atoms. The predicted molar refractivity (Wildman–Crippen MR) is 51.8 cm³/mol. The number of nitrogens with one attached hydrogen (secondary N) is 1. The summed E-state index contributed by atoms with van der Waals surface area (Å²) >= 11 is 0. The molecule has 1 aromatic rings. The summed E-state index contributed by atoms with van der Waals surface area (Å²) in [5.41, 5.74) is 0.402. The third-order valence-corrected chi connectivity index (χ3v) is 2.50. The molecule has 74 valence electrons. The van der Waals surface area contributed by atoms with Crippen molar-refractivity contribution in [1.82, 2.24) is 15.5 Å². The number of carbonyl (C=O) groups is 1. The van der Waals surface area contributed by atoms with E-state index in [2.05, 4.69) is 15.5 Å². The fraction of sp³-hybridized carbons (Fsp3) is 0.500. The van der Waals surface area contributed by atoms with Crippen molar-refractivity contribution in [3.63, 3.8) is 0 Å². The van der Waals surface area contributed by atoms with Crippen LogP contribution in [0.25, 0.3) is 0 Å². The maximum Gasteiger partial charge on any atom is 0.272 e. The Morgan fingerprint density at radius 1 is 1.43 bits per heavy atom. The van der Waals surface area contributed by atoms with Crippen LogP contribution in [0.3, 0.4) is 0 Å². The van der Waals surface area contributed by atoms with E-state index in [9.17, 15) is 4.79 Å². The molecule has 0 saturated heterocycles. The SMILES string of the molecule is O=C(NC1CCCC1)c1cccnn1. The third kappa shape index (κ3) is 2.07. The lowest BCUT2D eigenvalue weighted by Gasteiger charge is -2.10. The second-order valence-electron chi connectivity index (χ2n) is 3.56. The first kappa shape index (κ1) is 9.12. The molecule has 4 heteroatoms. The largest absolute Gasteiger partial charge is 0.348 e. The minimum Gasteiger partial charge on any atom is -0.348 e. The van der Waals surface area contributed by atoms with Gasteiger partial charge in [-0.1, -0.05) is 12.8 Å². The maximum absolute atomic E-state index is 11.6. The Kier molecular flexibility index (Phi) is 2.72. The van der Waals surface area contributed by atoms with Crippen LogP contribution in [0.4, 0.5) is 0 Å². The van der Waals surface area contributed by atoms with Gasteiger partial charge in [0.1, 0.15) is 0 Å². The maximum atomic E-state index is 11.6. The number of hydrogen-bond donors (Lipinski definition) is 1. The molecule has 0 unspecified atom stereocenters. The molecule has 1 aromatic heterocycles. The fourth-order valence-corrected chi connectivity index (χ4v) is 1.75. The van der Waals surface area contributed by atoms with Crippen LogP contribution in [0.1, 0.15) is 36.2 Å². The molecule has 1 aliphatic carbocycles.